The molecule has 3 nitrogen and oxygen atoms in total. The van der Waals surface area contributed by atoms with Gasteiger partial charge >= 0.3 is 0 Å². The smallest absolute Gasteiger partial charge is 0.259 e. The van der Waals surface area contributed by atoms with Gasteiger partial charge in [0.1, 0.15) is 5.75 Å². The lowest BCUT2D eigenvalue weighted by Gasteiger charge is -2.07. The third kappa shape index (κ3) is 3.58. The maximum Gasteiger partial charge on any atom is 0.259 e. The van der Waals surface area contributed by atoms with Crippen LogP contribution in [-0.4, -0.2) is 11.0 Å². The van der Waals surface area contributed by atoms with E-state index in [4.69, 9.17) is 0 Å². The van der Waals surface area contributed by atoms with Gasteiger partial charge in [0, 0.05) is 15.5 Å². The molecule has 1 amide bonds. The minimum Gasteiger partial charge on any atom is -0.507 e. The molecule has 0 radical (unpaired) electrons. The molecule has 0 aliphatic heterocycles. The first-order chi connectivity index (χ1) is 9.10. The Bertz CT molecular complexity index is 597. The molecule has 0 aliphatic carbocycles. The number of phenolic OH excluding ortho intramolecular Hbond substituents is 1. The van der Waals surface area contributed by atoms with Crippen molar-refractivity contribution in [2.45, 2.75) is 5.33 Å². The summed E-state index contributed by atoms with van der Waals surface area (Å²) in [5.41, 5.74) is 2.06. The fraction of sp³-hybridized carbons (Fsp3) is 0.0714. The number of halogens is 2. The number of aromatic hydroxyl groups is 1. The average molecular weight is 385 g/mol. The highest BCUT2D eigenvalue weighted by molar-refractivity contribution is 9.10. The van der Waals surface area contributed by atoms with Crippen molar-refractivity contribution in [1.82, 2.24) is 0 Å². The zero-order valence-electron chi connectivity index (χ0n) is 9.86. The molecule has 0 bridgehead atoms. The lowest BCUT2D eigenvalue weighted by molar-refractivity contribution is 0.102. The summed E-state index contributed by atoms with van der Waals surface area (Å²) in [4.78, 5) is 12.0. The molecule has 2 aromatic carbocycles. The second kappa shape index (κ2) is 6.21. The maximum atomic E-state index is 12.0. The predicted octanol–water partition coefficient (Wildman–Crippen LogP) is 4.30. The Labute approximate surface area is 127 Å². The number of carbonyl (C=O) groups is 1. The van der Waals surface area contributed by atoms with Crippen molar-refractivity contribution in [3.63, 3.8) is 0 Å². The Balaban J connectivity index is 2.15. The molecule has 0 atom stereocenters. The lowest BCUT2D eigenvalue weighted by Crippen LogP contribution is -2.11. The molecule has 5 heteroatoms. The van der Waals surface area contributed by atoms with E-state index in [-0.39, 0.29) is 17.2 Å². The third-order valence-electron chi connectivity index (χ3n) is 2.57. The number of benzene rings is 2. The van der Waals surface area contributed by atoms with Crippen molar-refractivity contribution in [3.8, 4) is 5.75 Å². The summed E-state index contributed by atoms with van der Waals surface area (Å²) in [6.45, 7) is 0. The molecule has 0 unspecified atom stereocenters. The first kappa shape index (κ1) is 14.1. The minimum atomic E-state index is -0.336. The largest absolute Gasteiger partial charge is 0.507 e. The summed E-state index contributed by atoms with van der Waals surface area (Å²) in [5, 5.41) is 13.2. The van der Waals surface area contributed by atoms with Crippen LogP contribution in [0.2, 0.25) is 0 Å². The van der Waals surface area contributed by atoms with Gasteiger partial charge in [-0.2, -0.15) is 0 Å². The fourth-order valence-corrected chi connectivity index (χ4v) is 2.30. The number of carbonyl (C=O) groups excluding carboxylic acids is 1. The molecular weight excluding hydrogens is 374 g/mol. The Morgan fingerprint density at radius 1 is 1.16 bits per heavy atom. The number of phenols is 1. The van der Waals surface area contributed by atoms with E-state index in [1.54, 1.807) is 12.1 Å². The topological polar surface area (TPSA) is 49.3 Å². The summed E-state index contributed by atoms with van der Waals surface area (Å²) >= 11 is 6.59. The molecule has 98 valence electrons. The highest BCUT2D eigenvalue weighted by Crippen LogP contribution is 2.23. The quantitative estimate of drug-likeness (QED) is 0.775. The van der Waals surface area contributed by atoms with Gasteiger partial charge in [0.2, 0.25) is 0 Å². The van der Waals surface area contributed by atoms with E-state index in [1.165, 1.54) is 6.07 Å². The molecule has 0 spiro atoms. The van der Waals surface area contributed by atoms with E-state index >= 15 is 0 Å². The summed E-state index contributed by atoms with van der Waals surface area (Å²) in [6, 6.07) is 12.3. The molecule has 0 aromatic heterocycles. The Hall–Kier alpha value is -1.33. The highest BCUT2D eigenvalue weighted by atomic mass is 79.9. The molecule has 19 heavy (non-hydrogen) atoms. The number of alkyl halides is 1. The molecule has 2 rings (SSSR count). The van der Waals surface area contributed by atoms with Crippen molar-refractivity contribution >= 4 is 43.5 Å². The van der Waals surface area contributed by atoms with E-state index in [2.05, 4.69) is 37.2 Å². The first-order valence-corrected chi connectivity index (χ1v) is 7.46. The third-order valence-corrected chi connectivity index (χ3v) is 3.71. The highest BCUT2D eigenvalue weighted by Gasteiger charge is 2.11. The average Bonchev–Trinajstić information content (AvgIpc) is 2.39. The van der Waals surface area contributed by atoms with Crippen LogP contribution in [0.5, 0.6) is 5.75 Å². The number of amides is 1. The van der Waals surface area contributed by atoms with Crippen molar-refractivity contribution in [2.75, 3.05) is 5.32 Å². The monoisotopic (exact) mass is 383 g/mol. The van der Waals surface area contributed by atoms with Gasteiger partial charge in [-0.05, 0) is 35.9 Å². The van der Waals surface area contributed by atoms with Gasteiger partial charge < -0.3 is 10.4 Å². The SMILES string of the molecule is O=C(Nc1ccc(CBr)cc1)c1ccc(Br)cc1O. The lowest BCUT2D eigenvalue weighted by atomic mass is 10.1. The van der Waals surface area contributed by atoms with E-state index < -0.39 is 0 Å². The van der Waals surface area contributed by atoms with Crippen LogP contribution in [-0.2, 0) is 5.33 Å². The van der Waals surface area contributed by atoms with Crippen molar-refractivity contribution in [2.24, 2.45) is 0 Å². The maximum absolute atomic E-state index is 12.0. The van der Waals surface area contributed by atoms with Crippen LogP contribution in [0.15, 0.2) is 46.9 Å². The Morgan fingerprint density at radius 3 is 2.42 bits per heavy atom. The fourth-order valence-electron chi connectivity index (χ4n) is 1.57. The Morgan fingerprint density at radius 2 is 1.84 bits per heavy atom. The summed E-state index contributed by atoms with van der Waals surface area (Å²) < 4.78 is 0.725. The van der Waals surface area contributed by atoms with Gasteiger partial charge in [-0.3, -0.25) is 4.79 Å². The molecule has 0 fully saturated rings. The zero-order valence-corrected chi connectivity index (χ0v) is 13.0. The van der Waals surface area contributed by atoms with Crippen LogP contribution in [0, 0.1) is 0 Å². The Kier molecular flexibility index (Phi) is 4.61. The van der Waals surface area contributed by atoms with Gasteiger partial charge in [-0.15, -0.1) is 0 Å². The molecule has 0 saturated carbocycles. The van der Waals surface area contributed by atoms with Crippen molar-refractivity contribution in [1.29, 1.82) is 0 Å². The van der Waals surface area contributed by atoms with E-state index in [0.717, 1.165) is 15.4 Å². The molecule has 0 saturated heterocycles. The van der Waals surface area contributed by atoms with Gasteiger partial charge in [-0.25, -0.2) is 0 Å². The number of anilines is 1. The van der Waals surface area contributed by atoms with E-state index in [9.17, 15) is 9.90 Å². The predicted molar refractivity (Wildman–Crippen MR) is 82.8 cm³/mol. The number of hydrogen-bond acceptors (Lipinski definition) is 2. The van der Waals surface area contributed by atoms with Crippen LogP contribution in [0.1, 0.15) is 15.9 Å². The van der Waals surface area contributed by atoms with Crippen LogP contribution in [0.25, 0.3) is 0 Å². The molecule has 2 N–H and O–H groups in total. The van der Waals surface area contributed by atoms with Gasteiger partial charge in [0.15, 0.2) is 0 Å². The summed E-state index contributed by atoms with van der Waals surface area (Å²) in [6.07, 6.45) is 0. The van der Waals surface area contributed by atoms with Gasteiger partial charge in [0.05, 0.1) is 5.56 Å². The number of nitrogens with one attached hydrogen (secondary N) is 1. The number of hydrogen-bond donors (Lipinski definition) is 2. The van der Waals surface area contributed by atoms with Gasteiger partial charge in [-0.1, -0.05) is 44.0 Å². The molecule has 0 aliphatic rings. The minimum absolute atomic E-state index is 0.0519. The molecular formula is C14H11Br2NO2. The van der Waals surface area contributed by atoms with E-state index in [0.29, 0.717) is 5.69 Å². The second-order valence-corrected chi connectivity index (χ2v) is 5.42. The molecule has 2 aromatic rings. The summed E-state index contributed by atoms with van der Waals surface area (Å²) in [7, 11) is 0. The molecule has 0 heterocycles. The van der Waals surface area contributed by atoms with Gasteiger partial charge in [0.25, 0.3) is 5.91 Å². The van der Waals surface area contributed by atoms with Crippen LogP contribution < -0.4 is 5.32 Å². The second-order valence-electron chi connectivity index (χ2n) is 3.95. The zero-order chi connectivity index (χ0) is 13.8. The van der Waals surface area contributed by atoms with Crippen molar-refractivity contribution < 1.29 is 9.90 Å². The van der Waals surface area contributed by atoms with Crippen LogP contribution in [0.4, 0.5) is 5.69 Å². The normalized spacial score (nSPS) is 10.2. The number of rotatable bonds is 3. The summed E-state index contributed by atoms with van der Waals surface area (Å²) in [5.74, 6) is -0.388. The van der Waals surface area contributed by atoms with E-state index in [1.807, 2.05) is 24.3 Å². The van der Waals surface area contributed by atoms with Crippen LogP contribution >= 0.6 is 31.9 Å². The standard InChI is InChI=1S/C14H11Br2NO2/c15-8-9-1-4-11(5-2-9)17-14(19)12-6-3-10(16)7-13(12)18/h1-7,18H,8H2,(H,17,19). The first-order valence-electron chi connectivity index (χ1n) is 5.55. The van der Waals surface area contributed by atoms with Crippen molar-refractivity contribution in [3.05, 3.63) is 58.1 Å². The van der Waals surface area contributed by atoms with Crippen LogP contribution in [0.3, 0.4) is 0 Å².